The lowest BCUT2D eigenvalue weighted by molar-refractivity contribution is 0.312. The van der Waals surface area contributed by atoms with Gasteiger partial charge in [0, 0.05) is 30.7 Å². The van der Waals surface area contributed by atoms with Gasteiger partial charge in [-0.1, -0.05) is 0 Å². The molecule has 0 saturated carbocycles. The van der Waals surface area contributed by atoms with Crippen molar-refractivity contribution in [3.8, 4) is 0 Å². The normalized spacial score (nSPS) is 19.4. The SMILES string of the molecule is CNCC1CCN(Cc2cc(=O)n3ccsc3n2)C1.Cl. The molecule has 0 amide bonds. The summed E-state index contributed by atoms with van der Waals surface area (Å²) in [6, 6.07) is 1.66. The Kier molecular flexibility index (Phi) is 5.15. The average Bonchev–Trinajstić information content (AvgIpc) is 2.99. The molecule has 3 heterocycles. The Morgan fingerprint density at radius 1 is 1.55 bits per heavy atom. The number of fused-ring (bicyclic) bond motifs is 1. The summed E-state index contributed by atoms with van der Waals surface area (Å²) in [5.74, 6) is 0.719. The second-order valence-electron chi connectivity index (χ2n) is 5.09. The summed E-state index contributed by atoms with van der Waals surface area (Å²) in [6.07, 6.45) is 3.00. The van der Waals surface area contributed by atoms with Gasteiger partial charge in [0.15, 0.2) is 4.96 Å². The first kappa shape index (κ1) is 15.4. The highest BCUT2D eigenvalue weighted by atomic mass is 35.5. The van der Waals surface area contributed by atoms with E-state index in [1.807, 2.05) is 12.4 Å². The molecule has 1 atom stereocenters. The minimum Gasteiger partial charge on any atom is -0.319 e. The maximum absolute atomic E-state index is 11.9. The number of likely N-dealkylation sites (tertiary alicyclic amines) is 1. The molecule has 0 radical (unpaired) electrons. The van der Waals surface area contributed by atoms with Crippen LogP contribution in [0.15, 0.2) is 22.4 Å². The van der Waals surface area contributed by atoms with Gasteiger partial charge < -0.3 is 5.32 Å². The summed E-state index contributed by atoms with van der Waals surface area (Å²) in [4.78, 5) is 19.6. The van der Waals surface area contributed by atoms with Gasteiger partial charge in [-0.05, 0) is 32.5 Å². The first-order chi connectivity index (χ1) is 9.26. The summed E-state index contributed by atoms with van der Waals surface area (Å²) in [7, 11) is 2.00. The maximum Gasteiger partial charge on any atom is 0.258 e. The van der Waals surface area contributed by atoms with Crippen LogP contribution in [0.5, 0.6) is 0 Å². The van der Waals surface area contributed by atoms with Crippen molar-refractivity contribution in [1.29, 1.82) is 0 Å². The zero-order valence-electron chi connectivity index (χ0n) is 11.4. The fourth-order valence-corrected chi connectivity index (χ4v) is 3.45. The van der Waals surface area contributed by atoms with E-state index in [0.29, 0.717) is 0 Å². The lowest BCUT2D eigenvalue weighted by Gasteiger charge is -2.15. The Labute approximate surface area is 128 Å². The molecular weight excluding hydrogens is 296 g/mol. The minimum absolute atomic E-state index is 0. The van der Waals surface area contributed by atoms with E-state index in [0.717, 1.165) is 42.8 Å². The average molecular weight is 315 g/mol. The molecule has 1 aliphatic rings. The lowest BCUT2D eigenvalue weighted by Crippen LogP contribution is -2.25. The van der Waals surface area contributed by atoms with Crippen molar-refractivity contribution < 1.29 is 0 Å². The summed E-state index contributed by atoms with van der Waals surface area (Å²) in [5.41, 5.74) is 0.907. The van der Waals surface area contributed by atoms with Crippen LogP contribution in [0.2, 0.25) is 0 Å². The van der Waals surface area contributed by atoms with Gasteiger partial charge in [-0.15, -0.1) is 23.7 Å². The molecule has 1 aliphatic heterocycles. The van der Waals surface area contributed by atoms with Crippen molar-refractivity contribution in [3.63, 3.8) is 0 Å². The Morgan fingerprint density at radius 2 is 2.40 bits per heavy atom. The molecule has 3 rings (SSSR count). The third kappa shape index (κ3) is 3.20. The maximum atomic E-state index is 11.9. The van der Waals surface area contributed by atoms with Gasteiger partial charge in [-0.2, -0.15) is 0 Å². The monoisotopic (exact) mass is 314 g/mol. The highest BCUT2D eigenvalue weighted by Gasteiger charge is 2.22. The Balaban J connectivity index is 0.00000147. The highest BCUT2D eigenvalue weighted by Crippen LogP contribution is 2.17. The standard InChI is InChI=1S/C13H18N4OS.ClH/c1-14-7-10-2-3-16(8-10)9-11-6-12(18)17-4-5-19-13(17)15-11;/h4-6,10,14H,2-3,7-9H2,1H3;1H. The number of hydrogen-bond acceptors (Lipinski definition) is 5. The second kappa shape index (κ2) is 6.67. The van der Waals surface area contributed by atoms with Crippen molar-refractivity contribution in [1.82, 2.24) is 19.6 Å². The smallest absolute Gasteiger partial charge is 0.258 e. The van der Waals surface area contributed by atoms with Crippen molar-refractivity contribution in [2.45, 2.75) is 13.0 Å². The fourth-order valence-electron chi connectivity index (χ4n) is 2.71. The van der Waals surface area contributed by atoms with Gasteiger partial charge in [0.25, 0.3) is 5.56 Å². The van der Waals surface area contributed by atoms with Gasteiger partial charge in [0.05, 0.1) is 5.69 Å². The minimum atomic E-state index is 0. The molecule has 0 bridgehead atoms. The van der Waals surface area contributed by atoms with Crippen LogP contribution in [0.3, 0.4) is 0 Å². The number of rotatable bonds is 4. The van der Waals surface area contributed by atoms with E-state index in [1.165, 1.54) is 17.8 Å². The number of halogens is 1. The summed E-state index contributed by atoms with van der Waals surface area (Å²) >= 11 is 1.51. The molecule has 7 heteroatoms. The largest absolute Gasteiger partial charge is 0.319 e. The number of thiazole rings is 1. The third-order valence-electron chi connectivity index (χ3n) is 3.60. The molecule has 0 aromatic carbocycles. The first-order valence-electron chi connectivity index (χ1n) is 6.59. The lowest BCUT2D eigenvalue weighted by atomic mass is 10.1. The Bertz CT molecular complexity index is 626. The predicted octanol–water partition coefficient (Wildman–Crippen LogP) is 1.22. The van der Waals surface area contributed by atoms with Gasteiger partial charge in [-0.25, -0.2) is 4.98 Å². The summed E-state index contributed by atoms with van der Waals surface area (Å²) in [5, 5.41) is 5.13. The molecular formula is C13H19ClN4OS. The van der Waals surface area contributed by atoms with E-state index in [1.54, 1.807) is 16.7 Å². The predicted molar refractivity (Wildman–Crippen MR) is 83.9 cm³/mol. The number of hydrogen-bond donors (Lipinski definition) is 1. The molecule has 0 spiro atoms. The van der Waals surface area contributed by atoms with E-state index in [2.05, 4.69) is 15.2 Å². The summed E-state index contributed by atoms with van der Waals surface area (Å²) < 4.78 is 1.60. The number of aromatic nitrogens is 2. The highest BCUT2D eigenvalue weighted by molar-refractivity contribution is 7.15. The molecule has 110 valence electrons. The van der Waals surface area contributed by atoms with Crippen LogP contribution in [0, 0.1) is 5.92 Å². The van der Waals surface area contributed by atoms with Crippen molar-refractivity contribution >= 4 is 28.7 Å². The van der Waals surface area contributed by atoms with Crippen molar-refractivity contribution in [3.05, 3.63) is 33.7 Å². The number of nitrogens with one attached hydrogen (secondary N) is 1. The quantitative estimate of drug-likeness (QED) is 0.922. The molecule has 5 nitrogen and oxygen atoms in total. The van der Waals surface area contributed by atoms with Crippen LogP contribution in [0.4, 0.5) is 0 Å². The van der Waals surface area contributed by atoms with Crippen molar-refractivity contribution in [2.24, 2.45) is 5.92 Å². The molecule has 1 saturated heterocycles. The van der Waals surface area contributed by atoms with Gasteiger partial charge >= 0.3 is 0 Å². The Hall–Kier alpha value is -0.950. The van der Waals surface area contributed by atoms with Gasteiger partial charge in [-0.3, -0.25) is 14.1 Å². The molecule has 1 unspecified atom stereocenters. The fraction of sp³-hybridized carbons (Fsp3) is 0.538. The van der Waals surface area contributed by atoms with E-state index in [-0.39, 0.29) is 18.0 Å². The van der Waals surface area contributed by atoms with E-state index in [4.69, 9.17) is 0 Å². The molecule has 1 N–H and O–H groups in total. The van der Waals surface area contributed by atoms with E-state index < -0.39 is 0 Å². The van der Waals surface area contributed by atoms with Crippen LogP contribution in [-0.4, -0.2) is 41.0 Å². The van der Waals surface area contributed by atoms with Crippen LogP contribution < -0.4 is 10.9 Å². The van der Waals surface area contributed by atoms with E-state index in [9.17, 15) is 4.79 Å². The van der Waals surface area contributed by atoms with Crippen LogP contribution in [0.25, 0.3) is 4.96 Å². The van der Waals surface area contributed by atoms with Crippen LogP contribution >= 0.6 is 23.7 Å². The van der Waals surface area contributed by atoms with Crippen LogP contribution in [-0.2, 0) is 6.54 Å². The first-order valence-corrected chi connectivity index (χ1v) is 7.47. The van der Waals surface area contributed by atoms with E-state index >= 15 is 0 Å². The second-order valence-corrected chi connectivity index (χ2v) is 5.96. The Morgan fingerprint density at radius 3 is 3.20 bits per heavy atom. The molecule has 1 fully saturated rings. The zero-order valence-corrected chi connectivity index (χ0v) is 13.0. The van der Waals surface area contributed by atoms with Crippen molar-refractivity contribution in [2.75, 3.05) is 26.7 Å². The number of nitrogens with zero attached hydrogens (tertiary/aromatic N) is 3. The van der Waals surface area contributed by atoms with Gasteiger partial charge in [0.2, 0.25) is 0 Å². The zero-order chi connectivity index (χ0) is 13.2. The van der Waals surface area contributed by atoms with Crippen LogP contribution in [0.1, 0.15) is 12.1 Å². The summed E-state index contributed by atoms with van der Waals surface area (Å²) in [6.45, 7) is 4.03. The third-order valence-corrected chi connectivity index (χ3v) is 4.36. The topological polar surface area (TPSA) is 49.6 Å². The molecule has 0 aliphatic carbocycles. The molecule has 2 aromatic rings. The molecule has 20 heavy (non-hydrogen) atoms. The molecule has 2 aromatic heterocycles. The van der Waals surface area contributed by atoms with Gasteiger partial charge in [0.1, 0.15) is 0 Å².